The molecule has 0 aliphatic rings. The molecule has 16 heavy (non-hydrogen) atoms. The number of phenols is 1. The van der Waals surface area contributed by atoms with E-state index in [-0.39, 0.29) is 16.3 Å². The van der Waals surface area contributed by atoms with E-state index in [0.717, 1.165) is 0 Å². The van der Waals surface area contributed by atoms with Gasteiger partial charge in [0, 0.05) is 0 Å². The van der Waals surface area contributed by atoms with Crippen molar-refractivity contribution in [1.82, 2.24) is 0 Å². The predicted octanol–water partition coefficient (Wildman–Crippen LogP) is 0.915. The summed E-state index contributed by atoms with van der Waals surface area (Å²) < 4.78 is 0. The third-order valence-corrected chi connectivity index (χ3v) is 2.38. The van der Waals surface area contributed by atoms with Crippen LogP contribution in [0.25, 0.3) is 0 Å². The van der Waals surface area contributed by atoms with E-state index in [1.165, 1.54) is 18.2 Å². The van der Waals surface area contributed by atoms with Gasteiger partial charge in [-0.15, -0.1) is 0 Å². The highest BCUT2D eigenvalue weighted by atomic mass is 35.5. The van der Waals surface area contributed by atoms with E-state index in [9.17, 15) is 20.1 Å². The first kappa shape index (κ1) is 12.8. The topological polar surface area (TPSA) is 98.0 Å². The normalized spacial score (nSPS) is 14.4. The first-order valence-electron chi connectivity index (χ1n) is 4.48. The average Bonchev–Trinajstić information content (AvgIpc) is 2.20. The predicted molar refractivity (Wildman–Crippen MR) is 56.3 cm³/mol. The maximum atomic E-state index is 10.3. The average molecular weight is 247 g/mol. The van der Waals surface area contributed by atoms with Gasteiger partial charge in [-0.25, -0.2) is 0 Å². The molecule has 2 unspecified atom stereocenters. The Balaban J connectivity index is 2.83. The summed E-state index contributed by atoms with van der Waals surface area (Å²) >= 11 is 5.56. The smallest absolute Gasteiger partial charge is 0.306 e. The number of aliphatic hydroxyl groups is 2. The second kappa shape index (κ2) is 5.16. The lowest BCUT2D eigenvalue weighted by molar-refractivity contribution is -0.141. The first-order valence-corrected chi connectivity index (χ1v) is 4.86. The maximum Gasteiger partial charge on any atom is 0.306 e. The molecule has 0 aliphatic heterocycles. The van der Waals surface area contributed by atoms with Gasteiger partial charge in [-0.05, 0) is 17.7 Å². The zero-order chi connectivity index (χ0) is 12.3. The molecule has 6 heteroatoms. The third-order valence-electron chi connectivity index (χ3n) is 2.06. The van der Waals surface area contributed by atoms with Crippen LogP contribution in [-0.2, 0) is 4.79 Å². The number of aromatic hydroxyl groups is 1. The Morgan fingerprint density at radius 3 is 2.50 bits per heavy atom. The molecule has 0 bridgehead atoms. The van der Waals surface area contributed by atoms with Crippen LogP contribution >= 0.6 is 11.6 Å². The molecule has 0 aliphatic carbocycles. The minimum Gasteiger partial charge on any atom is -0.506 e. The zero-order valence-corrected chi connectivity index (χ0v) is 8.92. The van der Waals surface area contributed by atoms with Gasteiger partial charge in [-0.2, -0.15) is 0 Å². The number of aliphatic hydroxyl groups excluding tert-OH is 2. The van der Waals surface area contributed by atoms with Crippen LogP contribution in [0.1, 0.15) is 18.1 Å². The van der Waals surface area contributed by atoms with Crippen molar-refractivity contribution in [3.05, 3.63) is 28.8 Å². The van der Waals surface area contributed by atoms with Crippen LogP contribution in [0, 0.1) is 0 Å². The molecule has 0 fully saturated rings. The number of aliphatic carboxylic acids is 1. The molecule has 0 heterocycles. The van der Waals surface area contributed by atoms with Crippen LogP contribution in [0.4, 0.5) is 0 Å². The van der Waals surface area contributed by atoms with Crippen LogP contribution in [0.15, 0.2) is 18.2 Å². The van der Waals surface area contributed by atoms with Gasteiger partial charge >= 0.3 is 5.97 Å². The highest BCUT2D eigenvalue weighted by Crippen LogP contribution is 2.28. The molecule has 1 aromatic rings. The molecule has 0 aromatic heterocycles. The summed E-state index contributed by atoms with van der Waals surface area (Å²) in [7, 11) is 0. The molecule has 1 rings (SSSR count). The van der Waals surface area contributed by atoms with Crippen LogP contribution in [0.5, 0.6) is 5.75 Å². The number of carboxylic acids is 1. The van der Waals surface area contributed by atoms with Crippen molar-refractivity contribution in [2.24, 2.45) is 0 Å². The lowest BCUT2D eigenvalue weighted by atomic mass is 10.0. The molecule has 0 spiro atoms. The molecule has 0 radical (unpaired) electrons. The van der Waals surface area contributed by atoms with Crippen LogP contribution in [0.3, 0.4) is 0 Å². The summed E-state index contributed by atoms with van der Waals surface area (Å²) in [5.41, 5.74) is 0.204. The van der Waals surface area contributed by atoms with Crippen LogP contribution < -0.4 is 0 Å². The van der Waals surface area contributed by atoms with Crippen molar-refractivity contribution >= 4 is 17.6 Å². The number of halogens is 1. The standard InChI is InChI=1S/C10H11ClO5/c11-6-2-1-5(3-7(6)12)10(16)8(13)4-9(14)15/h1-3,8,10,12-13,16H,4H2,(H,14,15). The molecular weight excluding hydrogens is 236 g/mol. The SMILES string of the molecule is O=C(O)CC(O)C(O)c1ccc(Cl)c(O)c1. The highest BCUT2D eigenvalue weighted by molar-refractivity contribution is 6.32. The van der Waals surface area contributed by atoms with Crippen molar-refractivity contribution < 1.29 is 25.2 Å². The summed E-state index contributed by atoms with van der Waals surface area (Å²) in [4.78, 5) is 10.3. The van der Waals surface area contributed by atoms with E-state index in [1.54, 1.807) is 0 Å². The van der Waals surface area contributed by atoms with E-state index in [0.29, 0.717) is 0 Å². The number of rotatable bonds is 4. The summed E-state index contributed by atoms with van der Waals surface area (Å²) in [5, 5.41) is 36.8. The quantitative estimate of drug-likeness (QED) is 0.633. The maximum absolute atomic E-state index is 10.3. The number of carboxylic acid groups (broad SMARTS) is 1. The van der Waals surface area contributed by atoms with Gasteiger partial charge in [0.15, 0.2) is 0 Å². The summed E-state index contributed by atoms with van der Waals surface area (Å²) in [6.45, 7) is 0. The van der Waals surface area contributed by atoms with E-state index >= 15 is 0 Å². The lowest BCUT2D eigenvalue weighted by Gasteiger charge is -2.16. The molecule has 0 saturated carbocycles. The molecular formula is C10H11ClO5. The Morgan fingerprint density at radius 2 is 2.00 bits per heavy atom. The van der Waals surface area contributed by atoms with Crippen molar-refractivity contribution in [2.75, 3.05) is 0 Å². The Bertz CT molecular complexity index is 393. The number of carbonyl (C=O) groups is 1. The molecule has 2 atom stereocenters. The fourth-order valence-corrected chi connectivity index (χ4v) is 1.34. The Morgan fingerprint density at radius 1 is 1.38 bits per heavy atom. The van der Waals surface area contributed by atoms with Gasteiger partial charge in [0.25, 0.3) is 0 Å². The molecule has 0 amide bonds. The second-order valence-electron chi connectivity index (χ2n) is 3.32. The fraction of sp³-hybridized carbons (Fsp3) is 0.300. The van der Waals surface area contributed by atoms with Gasteiger partial charge in [-0.1, -0.05) is 17.7 Å². The number of hydrogen-bond acceptors (Lipinski definition) is 4. The Kier molecular flexibility index (Phi) is 4.12. The molecule has 5 nitrogen and oxygen atoms in total. The largest absolute Gasteiger partial charge is 0.506 e. The van der Waals surface area contributed by atoms with Crippen molar-refractivity contribution in [1.29, 1.82) is 0 Å². The number of benzene rings is 1. The molecule has 88 valence electrons. The lowest BCUT2D eigenvalue weighted by Crippen LogP contribution is -2.21. The summed E-state index contributed by atoms with van der Waals surface area (Å²) in [6.07, 6.45) is -3.39. The number of phenolic OH excluding ortho intramolecular Hbond substituents is 1. The van der Waals surface area contributed by atoms with Gasteiger partial charge < -0.3 is 20.4 Å². The summed E-state index contributed by atoms with van der Waals surface area (Å²) in [6, 6.07) is 3.93. The van der Waals surface area contributed by atoms with E-state index in [4.69, 9.17) is 16.7 Å². The second-order valence-corrected chi connectivity index (χ2v) is 3.73. The first-order chi connectivity index (χ1) is 7.41. The molecule has 0 saturated heterocycles. The Hall–Kier alpha value is -1.30. The van der Waals surface area contributed by atoms with E-state index < -0.39 is 24.6 Å². The Labute approximate surface area is 96.5 Å². The van der Waals surface area contributed by atoms with Gasteiger partial charge in [0.05, 0.1) is 17.5 Å². The van der Waals surface area contributed by atoms with E-state index in [2.05, 4.69) is 0 Å². The minimum atomic E-state index is -1.43. The van der Waals surface area contributed by atoms with Crippen molar-refractivity contribution in [3.8, 4) is 5.75 Å². The van der Waals surface area contributed by atoms with Gasteiger partial charge in [0.2, 0.25) is 0 Å². The van der Waals surface area contributed by atoms with Crippen LogP contribution in [0.2, 0.25) is 5.02 Å². The van der Waals surface area contributed by atoms with Crippen LogP contribution in [-0.4, -0.2) is 32.5 Å². The van der Waals surface area contributed by atoms with E-state index in [1.807, 2.05) is 0 Å². The van der Waals surface area contributed by atoms with Crippen molar-refractivity contribution in [2.45, 2.75) is 18.6 Å². The van der Waals surface area contributed by atoms with Crippen molar-refractivity contribution in [3.63, 3.8) is 0 Å². The minimum absolute atomic E-state index is 0.115. The molecule has 4 N–H and O–H groups in total. The molecule has 1 aromatic carbocycles. The fourth-order valence-electron chi connectivity index (χ4n) is 1.23. The monoisotopic (exact) mass is 246 g/mol. The number of hydrogen-bond donors (Lipinski definition) is 4. The summed E-state index contributed by atoms with van der Waals surface area (Å²) in [5.74, 6) is -1.45. The van der Waals surface area contributed by atoms with Gasteiger partial charge in [-0.3, -0.25) is 4.79 Å². The highest BCUT2D eigenvalue weighted by Gasteiger charge is 2.21. The third kappa shape index (κ3) is 3.10. The van der Waals surface area contributed by atoms with Gasteiger partial charge in [0.1, 0.15) is 11.9 Å². The zero-order valence-electron chi connectivity index (χ0n) is 8.17.